The Morgan fingerprint density at radius 2 is 1.86 bits per heavy atom. The van der Waals surface area contributed by atoms with Gasteiger partial charge in [-0.3, -0.25) is 14.2 Å². The van der Waals surface area contributed by atoms with E-state index in [1.807, 2.05) is 32.0 Å². The quantitative estimate of drug-likeness (QED) is 0.484. The van der Waals surface area contributed by atoms with E-state index in [4.69, 9.17) is 0 Å². The van der Waals surface area contributed by atoms with Crippen molar-refractivity contribution in [2.45, 2.75) is 44.9 Å². The van der Waals surface area contributed by atoms with Gasteiger partial charge in [-0.1, -0.05) is 60.6 Å². The number of nitrogens with one attached hydrogen (secondary N) is 1. The van der Waals surface area contributed by atoms with Crippen LogP contribution in [0, 0.1) is 6.92 Å². The third-order valence-corrected chi connectivity index (χ3v) is 5.67. The minimum absolute atomic E-state index is 0.0216. The Morgan fingerprint density at radius 1 is 1.14 bits per heavy atom. The van der Waals surface area contributed by atoms with Crippen molar-refractivity contribution in [1.82, 2.24) is 14.9 Å². The lowest BCUT2D eigenvalue weighted by Crippen LogP contribution is -2.30. The number of amides is 1. The van der Waals surface area contributed by atoms with Crippen LogP contribution in [-0.4, -0.2) is 21.2 Å². The van der Waals surface area contributed by atoms with E-state index in [0.29, 0.717) is 22.6 Å². The van der Waals surface area contributed by atoms with Gasteiger partial charge in [-0.05, 0) is 38.0 Å². The van der Waals surface area contributed by atoms with Gasteiger partial charge in [0.1, 0.15) is 0 Å². The van der Waals surface area contributed by atoms with Gasteiger partial charge in [0.25, 0.3) is 5.56 Å². The number of carbonyl (C=O) groups is 1. The van der Waals surface area contributed by atoms with E-state index in [1.165, 1.54) is 17.3 Å². The van der Waals surface area contributed by atoms with Crippen LogP contribution in [0.2, 0.25) is 0 Å². The van der Waals surface area contributed by atoms with Crippen LogP contribution in [0.3, 0.4) is 0 Å². The molecular formula is C22H25N3O2S. The predicted octanol–water partition coefficient (Wildman–Crippen LogP) is 4.08. The highest BCUT2D eigenvalue weighted by molar-refractivity contribution is 7.99. The summed E-state index contributed by atoms with van der Waals surface area (Å²) in [6, 6.07) is 15.5. The summed E-state index contributed by atoms with van der Waals surface area (Å²) in [6.07, 6.45) is 0.813. The van der Waals surface area contributed by atoms with Crippen LogP contribution in [0.1, 0.15) is 37.4 Å². The number of para-hydroxylation sites is 1. The largest absolute Gasteiger partial charge is 0.349 e. The van der Waals surface area contributed by atoms with Gasteiger partial charge in [0, 0.05) is 6.54 Å². The van der Waals surface area contributed by atoms with Crippen LogP contribution in [0.15, 0.2) is 58.5 Å². The average molecular weight is 396 g/mol. The lowest BCUT2D eigenvalue weighted by molar-refractivity contribution is -0.119. The van der Waals surface area contributed by atoms with Gasteiger partial charge in [-0.15, -0.1) is 0 Å². The van der Waals surface area contributed by atoms with Gasteiger partial charge < -0.3 is 5.32 Å². The Bertz CT molecular complexity index is 1030. The van der Waals surface area contributed by atoms with Crippen LogP contribution in [0.4, 0.5) is 0 Å². The SMILES string of the molecule is CC[C@H](NC(=O)CSc1nc2ccccc2c(=O)n1CC)c1ccc(C)cc1. The number of fused-ring (bicyclic) bond motifs is 1. The normalized spacial score (nSPS) is 12.1. The van der Waals surface area contributed by atoms with Crippen molar-refractivity contribution < 1.29 is 4.79 Å². The number of aryl methyl sites for hydroxylation is 1. The lowest BCUT2D eigenvalue weighted by Gasteiger charge is -2.18. The van der Waals surface area contributed by atoms with Gasteiger partial charge >= 0.3 is 0 Å². The molecule has 3 rings (SSSR count). The molecule has 0 aliphatic rings. The van der Waals surface area contributed by atoms with Crippen LogP contribution >= 0.6 is 11.8 Å². The zero-order chi connectivity index (χ0) is 20.1. The minimum atomic E-state index is -0.0675. The summed E-state index contributed by atoms with van der Waals surface area (Å²) >= 11 is 1.30. The summed E-state index contributed by atoms with van der Waals surface area (Å²) in [6.45, 7) is 6.52. The molecule has 1 heterocycles. The van der Waals surface area contributed by atoms with Gasteiger partial charge in [-0.2, -0.15) is 0 Å². The number of thioether (sulfide) groups is 1. The molecule has 2 aromatic carbocycles. The number of nitrogens with zero attached hydrogens (tertiary/aromatic N) is 2. The van der Waals surface area contributed by atoms with Gasteiger partial charge in [-0.25, -0.2) is 4.98 Å². The molecule has 28 heavy (non-hydrogen) atoms. The number of hydrogen-bond acceptors (Lipinski definition) is 4. The molecular weight excluding hydrogens is 370 g/mol. The van der Waals surface area contributed by atoms with Crippen LogP contribution in [0.5, 0.6) is 0 Å². The molecule has 0 aliphatic heterocycles. The number of rotatable bonds is 7. The molecule has 5 nitrogen and oxygen atoms in total. The van der Waals surface area contributed by atoms with E-state index in [0.717, 1.165) is 12.0 Å². The van der Waals surface area contributed by atoms with E-state index in [1.54, 1.807) is 10.6 Å². The topological polar surface area (TPSA) is 64.0 Å². The molecule has 0 unspecified atom stereocenters. The minimum Gasteiger partial charge on any atom is -0.349 e. The van der Waals surface area contributed by atoms with Crippen molar-refractivity contribution in [3.63, 3.8) is 0 Å². The molecule has 3 aromatic rings. The second-order valence-electron chi connectivity index (χ2n) is 6.69. The van der Waals surface area contributed by atoms with E-state index < -0.39 is 0 Å². The summed E-state index contributed by atoms with van der Waals surface area (Å²) in [5.41, 5.74) is 2.88. The maximum atomic E-state index is 12.7. The standard InChI is InChI=1S/C22H25N3O2S/c1-4-18(16-12-10-15(3)11-13-16)23-20(26)14-28-22-24-19-9-7-6-8-17(19)21(27)25(22)5-2/h6-13,18H,4-5,14H2,1-3H3,(H,23,26)/t18-/m0/s1. The summed E-state index contributed by atoms with van der Waals surface area (Å²) in [4.78, 5) is 29.8. The van der Waals surface area contributed by atoms with Crippen LogP contribution in [0.25, 0.3) is 10.9 Å². The number of hydrogen-bond donors (Lipinski definition) is 1. The van der Waals surface area contributed by atoms with Crippen molar-refractivity contribution >= 4 is 28.6 Å². The molecule has 1 N–H and O–H groups in total. The fourth-order valence-corrected chi connectivity index (χ4v) is 4.00. The Labute approximate surface area is 169 Å². The van der Waals surface area contributed by atoms with Crippen LogP contribution < -0.4 is 10.9 Å². The fourth-order valence-electron chi connectivity index (χ4n) is 3.12. The van der Waals surface area contributed by atoms with Crippen molar-refractivity contribution in [2.24, 2.45) is 0 Å². The van der Waals surface area contributed by atoms with Crippen molar-refractivity contribution in [3.05, 3.63) is 70.0 Å². The van der Waals surface area contributed by atoms with Gasteiger partial charge in [0.2, 0.25) is 5.91 Å². The lowest BCUT2D eigenvalue weighted by atomic mass is 10.0. The summed E-state index contributed by atoms with van der Waals surface area (Å²) in [7, 11) is 0. The molecule has 146 valence electrons. The Hall–Kier alpha value is -2.60. The molecule has 0 bridgehead atoms. The number of aromatic nitrogens is 2. The fraction of sp³-hybridized carbons (Fsp3) is 0.318. The first-order valence-electron chi connectivity index (χ1n) is 9.51. The van der Waals surface area contributed by atoms with Crippen molar-refractivity contribution in [3.8, 4) is 0 Å². The zero-order valence-corrected chi connectivity index (χ0v) is 17.3. The highest BCUT2D eigenvalue weighted by atomic mass is 32.2. The smallest absolute Gasteiger partial charge is 0.262 e. The second-order valence-corrected chi connectivity index (χ2v) is 7.63. The second kappa shape index (κ2) is 9.06. The predicted molar refractivity (Wildman–Crippen MR) is 115 cm³/mol. The first kappa shape index (κ1) is 20.1. The van der Waals surface area contributed by atoms with Gasteiger partial charge in [0.15, 0.2) is 5.16 Å². The molecule has 0 fully saturated rings. The Morgan fingerprint density at radius 3 is 2.54 bits per heavy atom. The number of benzene rings is 2. The molecule has 0 aliphatic carbocycles. The molecule has 1 amide bonds. The van der Waals surface area contributed by atoms with E-state index in [2.05, 4.69) is 41.5 Å². The van der Waals surface area contributed by atoms with E-state index in [9.17, 15) is 9.59 Å². The first-order chi connectivity index (χ1) is 13.5. The van der Waals surface area contributed by atoms with E-state index in [-0.39, 0.29) is 23.3 Å². The Balaban J connectivity index is 1.73. The third kappa shape index (κ3) is 4.44. The number of carbonyl (C=O) groups excluding carboxylic acids is 1. The summed E-state index contributed by atoms with van der Waals surface area (Å²) in [5.74, 6) is 0.148. The Kier molecular flexibility index (Phi) is 6.52. The molecule has 1 aromatic heterocycles. The van der Waals surface area contributed by atoms with Crippen molar-refractivity contribution in [1.29, 1.82) is 0 Å². The zero-order valence-electron chi connectivity index (χ0n) is 16.4. The average Bonchev–Trinajstić information content (AvgIpc) is 2.71. The third-order valence-electron chi connectivity index (χ3n) is 4.70. The van der Waals surface area contributed by atoms with Gasteiger partial charge in [0.05, 0.1) is 22.7 Å². The summed E-state index contributed by atoms with van der Waals surface area (Å²) < 4.78 is 1.62. The maximum Gasteiger partial charge on any atom is 0.262 e. The highest BCUT2D eigenvalue weighted by Crippen LogP contribution is 2.20. The first-order valence-corrected chi connectivity index (χ1v) is 10.5. The monoisotopic (exact) mass is 395 g/mol. The summed E-state index contributed by atoms with van der Waals surface area (Å²) in [5, 5.41) is 4.26. The van der Waals surface area contributed by atoms with E-state index >= 15 is 0 Å². The van der Waals surface area contributed by atoms with Crippen molar-refractivity contribution in [2.75, 3.05) is 5.75 Å². The molecule has 0 saturated carbocycles. The van der Waals surface area contributed by atoms with Crippen LogP contribution in [-0.2, 0) is 11.3 Å². The molecule has 6 heteroatoms. The molecule has 0 spiro atoms. The maximum absolute atomic E-state index is 12.7. The molecule has 0 radical (unpaired) electrons. The molecule has 1 atom stereocenters. The molecule has 0 saturated heterocycles. The highest BCUT2D eigenvalue weighted by Gasteiger charge is 2.15.